The molecule has 3 heteroatoms. The van der Waals surface area contributed by atoms with Crippen LogP contribution in [0.15, 0.2) is 18.2 Å². The van der Waals surface area contributed by atoms with E-state index in [-0.39, 0.29) is 0 Å². The molecule has 1 aliphatic heterocycles. The fourth-order valence-corrected chi connectivity index (χ4v) is 2.49. The lowest BCUT2D eigenvalue weighted by Crippen LogP contribution is -2.18. The molecule has 0 fully saturated rings. The third kappa shape index (κ3) is 4.00. The number of nitrogens with one attached hydrogen (secondary N) is 1. The summed E-state index contributed by atoms with van der Waals surface area (Å²) in [7, 11) is 0. The van der Waals surface area contributed by atoms with Crippen molar-refractivity contribution < 1.29 is 4.74 Å². The fourth-order valence-electron chi connectivity index (χ4n) is 2.10. The van der Waals surface area contributed by atoms with Crippen LogP contribution in [0.4, 0.5) is 0 Å². The monoisotopic (exact) mass is 297 g/mol. The first-order valence-electron chi connectivity index (χ1n) is 6.41. The number of fused-ring (bicyclic) bond motifs is 1. The molecule has 0 atom stereocenters. The van der Waals surface area contributed by atoms with Crippen molar-refractivity contribution >= 4 is 15.9 Å². The summed E-state index contributed by atoms with van der Waals surface area (Å²) in [6.45, 7) is 3.05. The first-order chi connectivity index (χ1) is 8.40. The number of unbranched alkanes of at least 4 members (excludes halogenated alkanes) is 1. The number of benzene rings is 1. The lowest BCUT2D eigenvalue weighted by molar-refractivity contribution is 0.357. The van der Waals surface area contributed by atoms with Gasteiger partial charge in [0.25, 0.3) is 0 Å². The number of rotatable bonds is 7. The highest BCUT2D eigenvalue weighted by atomic mass is 79.9. The minimum absolute atomic E-state index is 0.851. The summed E-state index contributed by atoms with van der Waals surface area (Å²) in [6.07, 6.45) is 4.69. The first-order valence-corrected chi connectivity index (χ1v) is 7.53. The second kappa shape index (κ2) is 7.02. The van der Waals surface area contributed by atoms with Crippen LogP contribution >= 0.6 is 15.9 Å². The van der Waals surface area contributed by atoms with Gasteiger partial charge in [-0.1, -0.05) is 28.1 Å². The number of alkyl halides is 1. The highest BCUT2D eigenvalue weighted by Gasteiger charge is 2.11. The van der Waals surface area contributed by atoms with Crippen LogP contribution in [0, 0.1) is 0 Å². The molecule has 1 aromatic carbocycles. The average molecular weight is 298 g/mol. The van der Waals surface area contributed by atoms with Crippen LogP contribution in [0.2, 0.25) is 0 Å². The Balaban J connectivity index is 1.69. The molecular weight excluding hydrogens is 278 g/mol. The Hall–Kier alpha value is -0.540. The van der Waals surface area contributed by atoms with Crippen LogP contribution in [-0.4, -0.2) is 25.0 Å². The summed E-state index contributed by atoms with van der Waals surface area (Å²) in [6, 6.07) is 6.59. The Bertz CT molecular complexity index is 354. The lowest BCUT2D eigenvalue weighted by atomic mass is 10.1. The van der Waals surface area contributed by atoms with Crippen molar-refractivity contribution in [3.05, 3.63) is 29.3 Å². The van der Waals surface area contributed by atoms with Crippen LogP contribution in [0.5, 0.6) is 5.75 Å². The minimum Gasteiger partial charge on any atom is -0.493 e. The van der Waals surface area contributed by atoms with E-state index in [4.69, 9.17) is 4.74 Å². The zero-order valence-electron chi connectivity index (χ0n) is 10.2. The first kappa shape index (κ1) is 12.9. The molecule has 1 aromatic rings. The molecule has 0 amide bonds. The molecule has 17 heavy (non-hydrogen) atoms. The van der Waals surface area contributed by atoms with Crippen LogP contribution in [0.25, 0.3) is 0 Å². The van der Waals surface area contributed by atoms with Gasteiger partial charge < -0.3 is 10.1 Å². The lowest BCUT2D eigenvalue weighted by Gasteiger charge is -2.06. The van der Waals surface area contributed by atoms with Gasteiger partial charge in [-0.2, -0.15) is 0 Å². The van der Waals surface area contributed by atoms with E-state index in [0.717, 1.165) is 43.6 Å². The van der Waals surface area contributed by atoms with Crippen molar-refractivity contribution in [2.45, 2.75) is 25.7 Å². The third-order valence-corrected chi connectivity index (χ3v) is 3.64. The Morgan fingerprint density at radius 2 is 2.18 bits per heavy atom. The van der Waals surface area contributed by atoms with Crippen molar-refractivity contribution in [3.8, 4) is 5.75 Å². The quantitative estimate of drug-likeness (QED) is 0.617. The molecule has 2 rings (SSSR count). The molecule has 0 aromatic heterocycles. The number of hydrogen-bond donors (Lipinski definition) is 1. The van der Waals surface area contributed by atoms with Crippen molar-refractivity contribution in [2.75, 3.05) is 25.0 Å². The smallest absolute Gasteiger partial charge is 0.122 e. The average Bonchev–Trinajstić information content (AvgIpc) is 2.81. The van der Waals surface area contributed by atoms with Crippen molar-refractivity contribution in [1.29, 1.82) is 0 Å². The molecule has 0 radical (unpaired) electrons. The summed E-state index contributed by atoms with van der Waals surface area (Å²) in [5, 5.41) is 4.59. The second-order valence-corrected chi connectivity index (χ2v) is 5.23. The summed E-state index contributed by atoms with van der Waals surface area (Å²) >= 11 is 3.44. The summed E-state index contributed by atoms with van der Waals surface area (Å²) in [4.78, 5) is 0. The second-order valence-electron chi connectivity index (χ2n) is 4.44. The molecule has 0 spiro atoms. The zero-order valence-corrected chi connectivity index (χ0v) is 11.8. The van der Waals surface area contributed by atoms with Gasteiger partial charge in [0.1, 0.15) is 5.75 Å². The standard InChI is InChI=1S/C14H20BrNO/c15-7-1-2-8-16-9-5-12-3-4-14-13(11-12)6-10-17-14/h3-4,11,16H,1-2,5-10H2. The Morgan fingerprint density at radius 1 is 1.24 bits per heavy atom. The van der Waals surface area contributed by atoms with Gasteiger partial charge in [-0.15, -0.1) is 0 Å². The van der Waals surface area contributed by atoms with Crippen LogP contribution in [-0.2, 0) is 12.8 Å². The summed E-state index contributed by atoms with van der Waals surface area (Å²) in [5.74, 6) is 1.08. The Labute approximate surface area is 112 Å². The molecule has 0 saturated carbocycles. The molecule has 94 valence electrons. The van der Waals surface area contributed by atoms with Crippen LogP contribution in [0.1, 0.15) is 24.0 Å². The van der Waals surface area contributed by atoms with E-state index < -0.39 is 0 Å². The van der Waals surface area contributed by atoms with Gasteiger partial charge in [0, 0.05) is 11.8 Å². The molecule has 1 N–H and O–H groups in total. The molecule has 0 unspecified atom stereocenters. The summed E-state index contributed by atoms with van der Waals surface area (Å²) in [5.41, 5.74) is 2.80. The predicted octanol–water partition coefficient (Wildman–Crippen LogP) is 2.93. The van der Waals surface area contributed by atoms with Crippen LogP contribution in [0.3, 0.4) is 0 Å². The van der Waals surface area contributed by atoms with Gasteiger partial charge in [-0.25, -0.2) is 0 Å². The van der Waals surface area contributed by atoms with Gasteiger partial charge in [-0.05, 0) is 49.5 Å². The number of hydrogen-bond acceptors (Lipinski definition) is 2. The van der Waals surface area contributed by atoms with E-state index in [1.165, 1.54) is 24.0 Å². The van der Waals surface area contributed by atoms with Crippen molar-refractivity contribution in [3.63, 3.8) is 0 Å². The van der Waals surface area contributed by atoms with E-state index in [2.05, 4.69) is 39.4 Å². The zero-order chi connectivity index (χ0) is 11.9. The molecule has 2 nitrogen and oxygen atoms in total. The highest BCUT2D eigenvalue weighted by molar-refractivity contribution is 9.09. The maximum Gasteiger partial charge on any atom is 0.122 e. The van der Waals surface area contributed by atoms with Gasteiger partial charge in [0.2, 0.25) is 0 Å². The number of halogens is 1. The Kier molecular flexibility index (Phi) is 5.33. The molecule has 1 heterocycles. The normalized spacial score (nSPS) is 13.5. The van der Waals surface area contributed by atoms with Gasteiger partial charge in [0.05, 0.1) is 6.61 Å². The van der Waals surface area contributed by atoms with Crippen LogP contribution < -0.4 is 10.1 Å². The number of ether oxygens (including phenoxy) is 1. The topological polar surface area (TPSA) is 21.3 Å². The van der Waals surface area contributed by atoms with E-state index in [9.17, 15) is 0 Å². The third-order valence-electron chi connectivity index (χ3n) is 3.08. The Morgan fingerprint density at radius 3 is 3.06 bits per heavy atom. The largest absolute Gasteiger partial charge is 0.493 e. The molecule has 0 aliphatic carbocycles. The molecule has 0 bridgehead atoms. The van der Waals surface area contributed by atoms with Gasteiger partial charge >= 0.3 is 0 Å². The molecule has 1 aliphatic rings. The van der Waals surface area contributed by atoms with Crippen molar-refractivity contribution in [2.24, 2.45) is 0 Å². The van der Waals surface area contributed by atoms with Gasteiger partial charge in [0.15, 0.2) is 0 Å². The SMILES string of the molecule is BrCCCCNCCc1ccc2c(c1)CCO2. The fraction of sp³-hybridized carbons (Fsp3) is 0.571. The molecule has 0 saturated heterocycles. The van der Waals surface area contributed by atoms with Crippen molar-refractivity contribution in [1.82, 2.24) is 5.32 Å². The van der Waals surface area contributed by atoms with E-state index in [1.807, 2.05) is 0 Å². The van der Waals surface area contributed by atoms with E-state index in [0.29, 0.717) is 0 Å². The minimum atomic E-state index is 0.851. The highest BCUT2D eigenvalue weighted by Crippen LogP contribution is 2.25. The predicted molar refractivity (Wildman–Crippen MR) is 75.2 cm³/mol. The summed E-state index contributed by atoms with van der Waals surface area (Å²) < 4.78 is 5.50. The maximum absolute atomic E-state index is 5.50. The van der Waals surface area contributed by atoms with E-state index >= 15 is 0 Å². The van der Waals surface area contributed by atoms with Gasteiger partial charge in [-0.3, -0.25) is 0 Å². The van der Waals surface area contributed by atoms with E-state index in [1.54, 1.807) is 0 Å². The molecular formula is C14H20BrNO. The maximum atomic E-state index is 5.50.